The Morgan fingerprint density at radius 1 is 1.59 bits per heavy atom. The first-order valence-corrected chi connectivity index (χ1v) is 5.85. The van der Waals surface area contributed by atoms with Crippen molar-refractivity contribution in [1.82, 2.24) is 14.8 Å². The second-order valence-electron chi connectivity index (χ2n) is 4.22. The topological polar surface area (TPSA) is 54.3 Å². The van der Waals surface area contributed by atoms with Gasteiger partial charge in [0.05, 0.1) is 0 Å². The Hall–Kier alpha value is -1.78. The third-order valence-corrected chi connectivity index (χ3v) is 3.14. The molecule has 0 bridgehead atoms. The lowest BCUT2D eigenvalue weighted by molar-refractivity contribution is -0.127. The lowest BCUT2D eigenvalue weighted by Gasteiger charge is -2.34. The SMILES string of the molecule is CCC1C(=O)NCCN1C(=O)c1cccn1C. The summed E-state index contributed by atoms with van der Waals surface area (Å²) in [6.07, 6.45) is 2.47. The van der Waals surface area contributed by atoms with E-state index in [-0.39, 0.29) is 17.9 Å². The highest BCUT2D eigenvalue weighted by atomic mass is 16.2. The van der Waals surface area contributed by atoms with Gasteiger partial charge in [0.2, 0.25) is 5.91 Å². The van der Waals surface area contributed by atoms with E-state index in [0.29, 0.717) is 25.2 Å². The lowest BCUT2D eigenvalue weighted by Crippen LogP contribution is -2.57. The normalized spacial score (nSPS) is 20.2. The smallest absolute Gasteiger partial charge is 0.271 e. The summed E-state index contributed by atoms with van der Waals surface area (Å²) < 4.78 is 1.78. The molecule has 2 rings (SSSR count). The number of carbonyl (C=O) groups is 2. The highest BCUT2D eigenvalue weighted by molar-refractivity contribution is 5.97. The molecule has 1 aromatic rings. The fourth-order valence-corrected chi connectivity index (χ4v) is 2.19. The van der Waals surface area contributed by atoms with Crippen molar-refractivity contribution in [2.45, 2.75) is 19.4 Å². The van der Waals surface area contributed by atoms with Gasteiger partial charge in [0.25, 0.3) is 5.91 Å². The van der Waals surface area contributed by atoms with Crippen molar-refractivity contribution in [1.29, 1.82) is 0 Å². The molecular weight excluding hydrogens is 218 g/mol. The van der Waals surface area contributed by atoms with Crippen LogP contribution < -0.4 is 5.32 Å². The summed E-state index contributed by atoms with van der Waals surface area (Å²) in [5.74, 6) is -0.125. The first-order chi connectivity index (χ1) is 8.15. The molecule has 1 aliphatic rings. The van der Waals surface area contributed by atoms with Crippen molar-refractivity contribution >= 4 is 11.8 Å². The molecule has 0 saturated carbocycles. The molecule has 1 aliphatic heterocycles. The molecule has 0 spiro atoms. The van der Waals surface area contributed by atoms with Crippen LogP contribution in [0.15, 0.2) is 18.3 Å². The molecule has 0 aliphatic carbocycles. The number of piperazine rings is 1. The van der Waals surface area contributed by atoms with E-state index in [1.165, 1.54) is 0 Å². The van der Waals surface area contributed by atoms with Gasteiger partial charge >= 0.3 is 0 Å². The Balaban J connectivity index is 2.24. The number of amides is 2. The Labute approximate surface area is 100 Å². The molecule has 1 aromatic heterocycles. The summed E-state index contributed by atoms with van der Waals surface area (Å²) in [6, 6.07) is 3.27. The van der Waals surface area contributed by atoms with Crippen LogP contribution in [0.5, 0.6) is 0 Å². The van der Waals surface area contributed by atoms with Crippen molar-refractivity contribution in [2.24, 2.45) is 7.05 Å². The minimum atomic E-state index is -0.342. The summed E-state index contributed by atoms with van der Waals surface area (Å²) >= 11 is 0. The summed E-state index contributed by atoms with van der Waals surface area (Å²) in [5, 5.41) is 2.79. The van der Waals surface area contributed by atoms with E-state index in [1.807, 2.05) is 26.2 Å². The van der Waals surface area contributed by atoms with Gasteiger partial charge in [-0.1, -0.05) is 6.92 Å². The fraction of sp³-hybridized carbons (Fsp3) is 0.500. The van der Waals surface area contributed by atoms with E-state index in [2.05, 4.69) is 5.32 Å². The van der Waals surface area contributed by atoms with Crippen LogP contribution in [0.4, 0.5) is 0 Å². The molecule has 1 saturated heterocycles. The molecule has 5 nitrogen and oxygen atoms in total. The van der Waals surface area contributed by atoms with Crippen LogP contribution in [0, 0.1) is 0 Å². The predicted molar refractivity (Wildman–Crippen MR) is 63.5 cm³/mol. The van der Waals surface area contributed by atoms with Gasteiger partial charge in [-0.25, -0.2) is 0 Å². The zero-order valence-corrected chi connectivity index (χ0v) is 10.1. The third kappa shape index (κ3) is 2.05. The molecular formula is C12H17N3O2. The maximum Gasteiger partial charge on any atom is 0.271 e. The molecule has 0 radical (unpaired) electrons. The van der Waals surface area contributed by atoms with Gasteiger partial charge in [-0.2, -0.15) is 0 Å². The number of hydrogen-bond donors (Lipinski definition) is 1. The Kier molecular flexibility index (Phi) is 3.17. The Morgan fingerprint density at radius 2 is 2.35 bits per heavy atom. The summed E-state index contributed by atoms with van der Waals surface area (Å²) in [5.41, 5.74) is 0.623. The van der Waals surface area contributed by atoms with Crippen molar-refractivity contribution in [2.75, 3.05) is 13.1 Å². The largest absolute Gasteiger partial charge is 0.353 e. The van der Waals surface area contributed by atoms with Crippen LogP contribution in [0.2, 0.25) is 0 Å². The first kappa shape index (κ1) is 11.7. The predicted octanol–water partition coefficient (Wildman–Crippen LogP) is 0.376. The van der Waals surface area contributed by atoms with E-state index < -0.39 is 0 Å². The van der Waals surface area contributed by atoms with Gasteiger partial charge in [0, 0.05) is 26.3 Å². The quantitative estimate of drug-likeness (QED) is 0.805. The average molecular weight is 235 g/mol. The highest BCUT2D eigenvalue weighted by Gasteiger charge is 2.32. The first-order valence-electron chi connectivity index (χ1n) is 5.85. The maximum absolute atomic E-state index is 12.3. The Bertz CT molecular complexity index is 439. The standard InChI is InChI=1S/C12H17N3O2/c1-3-9-11(16)13-6-8-15(9)12(17)10-5-4-7-14(10)2/h4-5,7,9H,3,6,8H2,1-2H3,(H,13,16). The van der Waals surface area contributed by atoms with Crippen LogP contribution in [0.25, 0.3) is 0 Å². The fourth-order valence-electron chi connectivity index (χ4n) is 2.19. The molecule has 92 valence electrons. The van der Waals surface area contributed by atoms with Gasteiger partial charge in [0.1, 0.15) is 11.7 Å². The average Bonchev–Trinajstić information content (AvgIpc) is 2.74. The number of nitrogens with zero attached hydrogens (tertiary/aromatic N) is 2. The lowest BCUT2D eigenvalue weighted by atomic mass is 10.1. The summed E-state index contributed by atoms with van der Waals surface area (Å²) in [4.78, 5) is 25.7. The minimum Gasteiger partial charge on any atom is -0.353 e. The molecule has 2 heterocycles. The number of hydrogen-bond acceptors (Lipinski definition) is 2. The third-order valence-electron chi connectivity index (χ3n) is 3.14. The van der Waals surface area contributed by atoms with Gasteiger partial charge in [-0.15, -0.1) is 0 Å². The molecule has 17 heavy (non-hydrogen) atoms. The van der Waals surface area contributed by atoms with E-state index in [9.17, 15) is 9.59 Å². The zero-order chi connectivity index (χ0) is 12.4. The number of carbonyl (C=O) groups excluding carboxylic acids is 2. The summed E-state index contributed by atoms with van der Waals surface area (Å²) in [6.45, 7) is 3.03. The van der Waals surface area contributed by atoms with Crippen molar-refractivity contribution in [3.63, 3.8) is 0 Å². The van der Waals surface area contributed by atoms with Crippen LogP contribution >= 0.6 is 0 Å². The van der Waals surface area contributed by atoms with Crippen molar-refractivity contribution in [3.8, 4) is 0 Å². The maximum atomic E-state index is 12.3. The monoisotopic (exact) mass is 235 g/mol. The molecule has 0 aromatic carbocycles. The van der Waals surface area contributed by atoms with E-state index in [1.54, 1.807) is 15.5 Å². The number of nitrogens with one attached hydrogen (secondary N) is 1. The van der Waals surface area contributed by atoms with Crippen molar-refractivity contribution in [3.05, 3.63) is 24.0 Å². The van der Waals surface area contributed by atoms with Crippen LogP contribution in [-0.4, -0.2) is 40.4 Å². The Morgan fingerprint density at radius 3 is 2.94 bits per heavy atom. The van der Waals surface area contributed by atoms with Gasteiger partial charge in [-0.05, 0) is 18.6 Å². The summed E-state index contributed by atoms with van der Waals surface area (Å²) in [7, 11) is 1.83. The van der Waals surface area contributed by atoms with Crippen LogP contribution in [-0.2, 0) is 11.8 Å². The van der Waals surface area contributed by atoms with Crippen LogP contribution in [0.1, 0.15) is 23.8 Å². The molecule has 2 amide bonds. The van der Waals surface area contributed by atoms with Gasteiger partial charge in [0.15, 0.2) is 0 Å². The van der Waals surface area contributed by atoms with Crippen LogP contribution in [0.3, 0.4) is 0 Å². The number of rotatable bonds is 2. The van der Waals surface area contributed by atoms with Gasteiger partial charge in [-0.3, -0.25) is 9.59 Å². The van der Waals surface area contributed by atoms with E-state index in [0.717, 1.165) is 0 Å². The highest BCUT2D eigenvalue weighted by Crippen LogP contribution is 2.13. The number of aromatic nitrogens is 1. The molecule has 1 atom stereocenters. The minimum absolute atomic E-state index is 0.0543. The molecule has 1 fully saturated rings. The van der Waals surface area contributed by atoms with Crippen molar-refractivity contribution < 1.29 is 9.59 Å². The molecule has 1 N–H and O–H groups in total. The van der Waals surface area contributed by atoms with E-state index in [4.69, 9.17) is 0 Å². The second kappa shape index (κ2) is 4.61. The number of aryl methyl sites for hydroxylation is 1. The zero-order valence-electron chi connectivity index (χ0n) is 10.1. The molecule has 1 unspecified atom stereocenters. The second-order valence-corrected chi connectivity index (χ2v) is 4.22. The van der Waals surface area contributed by atoms with Gasteiger partial charge < -0.3 is 14.8 Å². The molecule has 5 heteroatoms. The van der Waals surface area contributed by atoms with E-state index >= 15 is 0 Å².